The molecule has 16 heavy (non-hydrogen) atoms. The molecule has 1 heterocycles. The number of hydrogen-bond acceptors (Lipinski definition) is 3. The minimum absolute atomic E-state index is 0.148. The van der Waals surface area contributed by atoms with Crippen molar-refractivity contribution in [3.05, 3.63) is 48.3 Å². The molecule has 4 nitrogen and oxygen atoms in total. The van der Waals surface area contributed by atoms with E-state index >= 15 is 0 Å². The monoisotopic (exact) mass is 220 g/mol. The van der Waals surface area contributed by atoms with Crippen LogP contribution in [0, 0.1) is 5.82 Å². The summed E-state index contributed by atoms with van der Waals surface area (Å²) in [6, 6.07) is 4.00. The number of imidazole rings is 1. The van der Waals surface area contributed by atoms with Crippen LogP contribution in [0.3, 0.4) is 0 Å². The second-order valence-corrected chi connectivity index (χ2v) is 3.50. The van der Waals surface area contributed by atoms with Crippen molar-refractivity contribution in [3.63, 3.8) is 0 Å². The topological polar surface area (TPSA) is 58.3 Å². The molecule has 0 saturated heterocycles. The Balaban J connectivity index is 2.27. The van der Waals surface area contributed by atoms with Gasteiger partial charge in [0.05, 0.1) is 6.33 Å². The Bertz CT molecular complexity index is 474. The maximum Gasteiger partial charge on any atom is 0.488 e. The number of aromatic nitrogens is 2. The Morgan fingerprint density at radius 2 is 2.12 bits per heavy atom. The first-order chi connectivity index (χ1) is 7.65. The van der Waals surface area contributed by atoms with Crippen LogP contribution in [0.25, 0.3) is 0 Å². The van der Waals surface area contributed by atoms with Gasteiger partial charge in [0.15, 0.2) is 0 Å². The minimum atomic E-state index is -1.66. The molecule has 1 aromatic heterocycles. The van der Waals surface area contributed by atoms with Crippen LogP contribution in [0.5, 0.6) is 0 Å². The molecule has 0 saturated carbocycles. The zero-order valence-electron chi connectivity index (χ0n) is 8.42. The number of benzene rings is 1. The van der Waals surface area contributed by atoms with Crippen LogP contribution in [0.4, 0.5) is 4.39 Å². The van der Waals surface area contributed by atoms with Crippen molar-refractivity contribution in [2.75, 3.05) is 0 Å². The highest BCUT2D eigenvalue weighted by Gasteiger charge is 2.13. The number of halogens is 1. The highest BCUT2D eigenvalue weighted by molar-refractivity contribution is 6.58. The van der Waals surface area contributed by atoms with Crippen LogP contribution in [0.15, 0.2) is 36.9 Å². The molecule has 0 aliphatic heterocycles. The average molecular weight is 220 g/mol. The molecule has 0 unspecified atom stereocenters. The molecule has 0 bridgehead atoms. The highest BCUT2D eigenvalue weighted by atomic mass is 19.1. The quantitative estimate of drug-likeness (QED) is 0.701. The number of hydrogen-bond donors (Lipinski definition) is 2. The van der Waals surface area contributed by atoms with E-state index in [9.17, 15) is 4.39 Å². The lowest BCUT2D eigenvalue weighted by Gasteiger charge is -2.06. The fraction of sp³-hybridized carbons (Fsp3) is 0.100. The third kappa shape index (κ3) is 2.47. The van der Waals surface area contributed by atoms with Gasteiger partial charge in [-0.25, -0.2) is 9.37 Å². The van der Waals surface area contributed by atoms with Crippen molar-refractivity contribution in [2.24, 2.45) is 0 Å². The van der Waals surface area contributed by atoms with E-state index in [2.05, 4.69) is 4.98 Å². The molecule has 6 heteroatoms. The molecule has 2 N–H and O–H groups in total. The molecule has 0 radical (unpaired) electrons. The summed E-state index contributed by atoms with van der Waals surface area (Å²) < 4.78 is 14.9. The molecule has 82 valence electrons. The van der Waals surface area contributed by atoms with Gasteiger partial charge in [-0.3, -0.25) is 0 Å². The summed E-state index contributed by atoms with van der Waals surface area (Å²) in [6.07, 6.45) is 4.99. The van der Waals surface area contributed by atoms with Crippen LogP contribution in [0.2, 0.25) is 0 Å². The van der Waals surface area contributed by atoms with Gasteiger partial charge in [0.25, 0.3) is 0 Å². The SMILES string of the molecule is OB(O)c1cc(F)cc(Cn2ccnc2)c1. The molecule has 2 aromatic rings. The maximum atomic E-state index is 13.2. The second-order valence-electron chi connectivity index (χ2n) is 3.50. The van der Waals surface area contributed by atoms with E-state index in [1.807, 2.05) is 0 Å². The average Bonchev–Trinajstić information content (AvgIpc) is 2.69. The van der Waals surface area contributed by atoms with Crippen molar-refractivity contribution >= 4 is 12.6 Å². The predicted octanol–water partition coefficient (Wildman–Crippen LogP) is -0.250. The van der Waals surface area contributed by atoms with Gasteiger partial charge in [-0.2, -0.15) is 0 Å². The summed E-state index contributed by atoms with van der Waals surface area (Å²) in [5.41, 5.74) is 0.802. The summed E-state index contributed by atoms with van der Waals surface area (Å²) in [7, 11) is -1.66. The zero-order valence-corrected chi connectivity index (χ0v) is 8.42. The lowest BCUT2D eigenvalue weighted by Crippen LogP contribution is -2.30. The van der Waals surface area contributed by atoms with Crippen LogP contribution in [-0.2, 0) is 6.54 Å². The summed E-state index contributed by atoms with van der Waals surface area (Å²) >= 11 is 0. The summed E-state index contributed by atoms with van der Waals surface area (Å²) in [5, 5.41) is 17.9. The molecule has 0 aliphatic carbocycles. The minimum Gasteiger partial charge on any atom is -0.423 e. The van der Waals surface area contributed by atoms with Crippen molar-refractivity contribution in [1.82, 2.24) is 9.55 Å². The predicted molar refractivity (Wildman–Crippen MR) is 57.6 cm³/mol. The smallest absolute Gasteiger partial charge is 0.423 e. The van der Waals surface area contributed by atoms with Gasteiger partial charge < -0.3 is 14.6 Å². The van der Waals surface area contributed by atoms with Crippen molar-refractivity contribution in [2.45, 2.75) is 6.54 Å². The number of nitrogens with zero attached hydrogens (tertiary/aromatic N) is 2. The lowest BCUT2D eigenvalue weighted by atomic mass is 9.79. The second kappa shape index (κ2) is 4.46. The normalized spacial score (nSPS) is 10.4. The van der Waals surface area contributed by atoms with Crippen LogP contribution < -0.4 is 5.46 Å². The van der Waals surface area contributed by atoms with E-state index in [1.165, 1.54) is 6.07 Å². The van der Waals surface area contributed by atoms with Gasteiger partial charge >= 0.3 is 7.12 Å². The first-order valence-electron chi connectivity index (χ1n) is 4.76. The van der Waals surface area contributed by atoms with Gasteiger partial charge in [-0.1, -0.05) is 6.07 Å². The van der Waals surface area contributed by atoms with Crippen molar-refractivity contribution in [3.8, 4) is 0 Å². The summed E-state index contributed by atoms with van der Waals surface area (Å²) in [5.74, 6) is -0.485. The maximum absolute atomic E-state index is 13.2. The van der Waals surface area contributed by atoms with E-state index in [1.54, 1.807) is 29.4 Å². The Hall–Kier alpha value is -1.66. The Morgan fingerprint density at radius 1 is 1.31 bits per heavy atom. The van der Waals surface area contributed by atoms with E-state index < -0.39 is 12.9 Å². The molecule has 0 aliphatic rings. The van der Waals surface area contributed by atoms with Gasteiger partial charge in [0, 0.05) is 18.9 Å². The van der Waals surface area contributed by atoms with Crippen LogP contribution >= 0.6 is 0 Å². The van der Waals surface area contributed by atoms with E-state index in [-0.39, 0.29) is 5.46 Å². The zero-order chi connectivity index (χ0) is 11.5. The van der Waals surface area contributed by atoms with Gasteiger partial charge in [0.2, 0.25) is 0 Å². The first kappa shape index (κ1) is 10.8. The molecule has 1 aromatic carbocycles. The number of rotatable bonds is 3. The van der Waals surface area contributed by atoms with Gasteiger partial charge in [-0.15, -0.1) is 0 Å². The van der Waals surface area contributed by atoms with Gasteiger partial charge in [-0.05, 0) is 23.2 Å². The molecule has 0 fully saturated rings. The van der Waals surface area contributed by atoms with Crippen molar-refractivity contribution in [1.29, 1.82) is 0 Å². The lowest BCUT2D eigenvalue weighted by molar-refractivity contribution is 0.425. The molecule has 0 spiro atoms. The van der Waals surface area contributed by atoms with E-state index in [4.69, 9.17) is 10.0 Å². The van der Waals surface area contributed by atoms with Gasteiger partial charge in [0.1, 0.15) is 5.82 Å². The third-order valence-electron chi connectivity index (χ3n) is 2.20. The molecule has 0 amide bonds. The van der Waals surface area contributed by atoms with E-state index in [0.29, 0.717) is 12.1 Å². The first-order valence-corrected chi connectivity index (χ1v) is 4.76. The highest BCUT2D eigenvalue weighted by Crippen LogP contribution is 2.04. The van der Waals surface area contributed by atoms with Crippen LogP contribution in [-0.4, -0.2) is 26.7 Å². The molecule has 2 rings (SSSR count). The fourth-order valence-corrected chi connectivity index (χ4v) is 1.51. The fourth-order valence-electron chi connectivity index (χ4n) is 1.51. The van der Waals surface area contributed by atoms with E-state index in [0.717, 1.165) is 6.07 Å². The van der Waals surface area contributed by atoms with Crippen LogP contribution in [0.1, 0.15) is 5.56 Å². The summed E-state index contributed by atoms with van der Waals surface area (Å²) in [6.45, 7) is 0.442. The Morgan fingerprint density at radius 3 is 2.75 bits per heavy atom. The molecular formula is C10H10BFN2O2. The van der Waals surface area contributed by atoms with Crippen molar-refractivity contribution < 1.29 is 14.4 Å². The molecular weight excluding hydrogens is 210 g/mol. The molecule has 0 atom stereocenters. The summed E-state index contributed by atoms with van der Waals surface area (Å²) in [4.78, 5) is 3.87. The third-order valence-corrected chi connectivity index (χ3v) is 2.20. The Kier molecular flexibility index (Phi) is 3.03. The largest absolute Gasteiger partial charge is 0.488 e. The Labute approximate surface area is 92.1 Å². The standard InChI is InChI=1S/C10H10BFN2O2/c12-10-4-8(3-9(5-10)11(15)16)6-14-2-1-13-7-14/h1-5,7,15-16H,6H2.